The van der Waals surface area contributed by atoms with E-state index < -0.39 is 0 Å². The molecule has 1 aromatic carbocycles. The van der Waals surface area contributed by atoms with Crippen LogP contribution in [0.5, 0.6) is 0 Å². The average molecular weight is 282 g/mol. The lowest BCUT2D eigenvalue weighted by Gasteiger charge is -2.28. The van der Waals surface area contributed by atoms with Gasteiger partial charge in [0.25, 0.3) is 0 Å². The van der Waals surface area contributed by atoms with Crippen molar-refractivity contribution in [3.8, 4) is 0 Å². The zero-order valence-electron chi connectivity index (χ0n) is 12.6. The lowest BCUT2D eigenvalue weighted by atomic mass is 9.84. The van der Waals surface area contributed by atoms with Gasteiger partial charge in [0.1, 0.15) is 0 Å². The standard InChI is InChI=1S/C18H22N2O/c1-2-9-18(10-5-11-20-18)17(21)13-14-8-12-19-16-7-4-3-6-15(14)16/h3-4,6-8,12,20H,2,5,9-11,13H2,1H3. The summed E-state index contributed by atoms with van der Waals surface area (Å²) in [5.74, 6) is 0.332. The number of ketones is 1. The van der Waals surface area contributed by atoms with Crippen molar-refractivity contribution in [1.82, 2.24) is 10.3 Å². The number of carbonyl (C=O) groups excluding carboxylic acids is 1. The smallest absolute Gasteiger partial charge is 0.157 e. The Hall–Kier alpha value is -1.74. The summed E-state index contributed by atoms with van der Waals surface area (Å²) in [7, 11) is 0. The van der Waals surface area contributed by atoms with Crippen LogP contribution in [0, 0.1) is 0 Å². The Morgan fingerprint density at radius 1 is 1.33 bits per heavy atom. The van der Waals surface area contributed by atoms with Gasteiger partial charge in [-0.15, -0.1) is 0 Å². The van der Waals surface area contributed by atoms with Gasteiger partial charge in [-0.1, -0.05) is 31.5 Å². The highest BCUT2D eigenvalue weighted by Gasteiger charge is 2.39. The van der Waals surface area contributed by atoms with Crippen molar-refractivity contribution in [1.29, 1.82) is 0 Å². The highest BCUT2D eigenvalue weighted by atomic mass is 16.1. The molecule has 1 unspecified atom stereocenters. The molecule has 1 N–H and O–H groups in total. The molecule has 1 atom stereocenters. The predicted molar refractivity (Wildman–Crippen MR) is 85.3 cm³/mol. The van der Waals surface area contributed by atoms with Gasteiger partial charge in [0.05, 0.1) is 11.1 Å². The molecule has 1 aliphatic rings. The van der Waals surface area contributed by atoms with Crippen LogP contribution < -0.4 is 5.32 Å². The summed E-state index contributed by atoms with van der Waals surface area (Å²) in [5, 5.41) is 4.57. The maximum Gasteiger partial charge on any atom is 0.157 e. The second kappa shape index (κ2) is 5.94. The van der Waals surface area contributed by atoms with E-state index in [9.17, 15) is 4.79 Å². The largest absolute Gasteiger partial charge is 0.305 e. The fourth-order valence-corrected chi connectivity index (χ4v) is 3.48. The Labute approximate surface area is 125 Å². The van der Waals surface area contributed by atoms with Crippen LogP contribution in [0.4, 0.5) is 0 Å². The number of carbonyl (C=O) groups is 1. The van der Waals surface area contributed by atoms with Gasteiger partial charge < -0.3 is 5.32 Å². The van der Waals surface area contributed by atoms with E-state index in [0.717, 1.165) is 48.7 Å². The summed E-state index contributed by atoms with van der Waals surface area (Å²) < 4.78 is 0. The fraction of sp³-hybridized carbons (Fsp3) is 0.444. The highest BCUT2D eigenvalue weighted by molar-refractivity contribution is 5.94. The molecule has 0 radical (unpaired) electrons. The molecule has 1 saturated heterocycles. The molecule has 1 fully saturated rings. The Morgan fingerprint density at radius 3 is 2.95 bits per heavy atom. The van der Waals surface area contributed by atoms with Crippen molar-refractivity contribution < 1.29 is 4.79 Å². The second-order valence-electron chi connectivity index (χ2n) is 5.95. The molecule has 0 aliphatic carbocycles. The maximum absolute atomic E-state index is 12.9. The van der Waals surface area contributed by atoms with E-state index in [-0.39, 0.29) is 5.54 Å². The van der Waals surface area contributed by atoms with Crippen LogP contribution in [0.15, 0.2) is 36.5 Å². The molecule has 0 spiro atoms. The predicted octanol–water partition coefficient (Wildman–Crippen LogP) is 3.27. The summed E-state index contributed by atoms with van der Waals surface area (Å²) in [6, 6.07) is 10.0. The van der Waals surface area contributed by atoms with Gasteiger partial charge in [0.15, 0.2) is 5.78 Å². The van der Waals surface area contributed by atoms with Gasteiger partial charge >= 0.3 is 0 Å². The summed E-state index contributed by atoms with van der Waals surface area (Å²) >= 11 is 0. The van der Waals surface area contributed by atoms with Crippen LogP contribution in [0.1, 0.15) is 38.2 Å². The number of hydrogen-bond acceptors (Lipinski definition) is 3. The Bertz CT molecular complexity index is 639. The molecule has 2 heterocycles. The number of nitrogens with zero attached hydrogens (tertiary/aromatic N) is 1. The first-order valence-corrected chi connectivity index (χ1v) is 7.86. The van der Waals surface area contributed by atoms with Crippen molar-refractivity contribution >= 4 is 16.7 Å². The van der Waals surface area contributed by atoms with Crippen LogP contribution in [0.2, 0.25) is 0 Å². The summed E-state index contributed by atoms with van der Waals surface area (Å²) in [4.78, 5) is 17.3. The van der Waals surface area contributed by atoms with E-state index in [1.807, 2.05) is 24.3 Å². The molecule has 0 saturated carbocycles. The molecule has 0 amide bonds. The zero-order valence-corrected chi connectivity index (χ0v) is 12.6. The molecule has 3 rings (SSSR count). The van der Waals surface area contributed by atoms with Crippen LogP contribution >= 0.6 is 0 Å². The minimum atomic E-state index is -0.293. The van der Waals surface area contributed by atoms with Gasteiger partial charge in [0, 0.05) is 18.0 Å². The Balaban J connectivity index is 1.89. The number of hydrogen-bond donors (Lipinski definition) is 1. The summed E-state index contributed by atoms with van der Waals surface area (Å²) in [6.07, 6.45) is 6.35. The van der Waals surface area contributed by atoms with Gasteiger partial charge in [-0.05, 0) is 43.5 Å². The van der Waals surface area contributed by atoms with Crippen LogP contribution in [-0.2, 0) is 11.2 Å². The van der Waals surface area contributed by atoms with E-state index in [0.29, 0.717) is 12.2 Å². The van der Waals surface area contributed by atoms with E-state index in [1.165, 1.54) is 0 Å². The molecular weight excluding hydrogens is 260 g/mol. The van der Waals surface area contributed by atoms with Crippen LogP contribution in [-0.4, -0.2) is 22.9 Å². The number of pyridine rings is 1. The molecule has 1 aliphatic heterocycles. The van der Waals surface area contributed by atoms with Gasteiger partial charge in [-0.3, -0.25) is 9.78 Å². The molecule has 110 valence electrons. The minimum Gasteiger partial charge on any atom is -0.305 e. The number of aromatic nitrogens is 1. The highest BCUT2D eigenvalue weighted by Crippen LogP contribution is 2.28. The van der Waals surface area contributed by atoms with E-state index >= 15 is 0 Å². The quantitative estimate of drug-likeness (QED) is 0.915. The minimum absolute atomic E-state index is 0.293. The number of rotatable bonds is 5. The monoisotopic (exact) mass is 282 g/mol. The van der Waals surface area contributed by atoms with E-state index in [1.54, 1.807) is 6.20 Å². The molecule has 1 aromatic heterocycles. The van der Waals surface area contributed by atoms with Gasteiger partial charge in [0.2, 0.25) is 0 Å². The molecule has 21 heavy (non-hydrogen) atoms. The van der Waals surface area contributed by atoms with Crippen LogP contribution in [0.3, 0.4) is 0 Å². The van der Waals surface area contributed by atoms with E-state index in [4.69, 9.17) is 0 Å². The average Bonchev–Trinajstić information content (AvgIpc) is 2.98. The third kappa shape index (κ3) is 2.70. The van der Waals surface area contributed by atoms with Crippen LogP contribution in [0.25, 0.3) is 10.9 Å². The first kappa shape index (κ1) is 14.2. The van der Waals surface area contributed by atoms with Crippen molar-refractivity contribution in [3.63, 3.8) is 0 Å². The molecule has 3 heteroatoms. The van der Waals surface area contributed by atoms with Crippen molar-refractivity contribution in [3.05, 3.63) is 42.1 Å². The third-order valence-electron chi connectivity index (χ3n) is 4.54. The number of nitrogens with one attached hydrogen (secondary N) is 1. The Morgan fingerprint density at radius 2 is 2.19 bits per heavy atom. The van der Waals surface area contributed by atoms with Crippen molar-refractivity contribution in [2.24, 2.45) is 0 Å². The molecule has 3 nitrogen and oxygen atoms in total. The number of fused-ring (bicyclic) bond motifs is 1. The zero-order chi connectivity index (χ0) is 14.7. The van der Waals surface area contributed by atoms with Crippen molar-refractivity contribution in [2.75, 3.05) is 6.54 Å². The lowest BCUT2D eigenvalue weighted by Crippen LogP contribution is -2.48. The lowest BCUT2D eigenvalue weighted by molar-refractivity contribution is -0.124. The number of Topliss-reactive ketones (excluding diaryl/α,β-unsaturated/α-hetero) is 1. The number of para-hydroxylation sites is 1. The fourth-order valence-electron chi connectivity index (χ4n) is 3.48. The van der Waals surface area contributed by atoms with E-state index in [2.05, 4.69) is 23.3 Å². The molecule has 0 bridgehead atoms. The number of benzene rings is 1. The first-order valence-electron chi connectivity index (χ1n) is 7.86. The van der Waals surface area contributed by atoms with Gasteiger partial charge in [-0.25, -0.2) is 0 Å². The summed E-state index contributed by atoms with van der Waals surface area (Å²) in [6.45, 7) is 3.11. The topological polar surface area (TPSA) is 42.0 Å². The normalized spacial score (nSPS) is 21.8. The maximum atomic E-state index is 12.9. The summed E-state index contributed by atoms with van der Waals surface area (Å²) in [5.41, 5.74) is 1.76. The molecular formula is C18H22N2O. The third-order valence-corrected chi connectivity index (χ3v) is 4.54. The SMILES string of the molecule is CCCC1(C(=O)Cc2ccnc3ccccc23)CCCN1. The Kier molecular flexibility index (Phi) is 4.02. The first-order chi connectivity index (χ1) is 10.2. The van der Waals surface area contributed by atoms with Crippen molar-refractivity contribution in [2.45, 2.75) is 44.6 Å². The molecule has 2 aromatic rings. The second-order valence-corrected chi connectivity index (χ2v) is 5.95. The van der Waals surface area contributed by atoms with Gasteiger partial charge in [-0.2, -0.15) is 0 Å².